The number of carbonyl (C=O) groups is 1. The van der Waals surface area contributed by atoms with Crippen LogP contribution in [0.3, 0.4) is 0 Å². The van der Waals surface area contributed by atoms with E-state index in [1.807, 2.05) is 18.2 Å². The molecule has 4 aromatic rings. The summed E-state index contributed by atoms with van der Waals surface area (Å²) < 4.78 is 10.0. The molecule has 1 aliphatic heterocycles. The molecule has 11 nitrogen and oxygen atoms in total. The number of hydrogen-bond acceptors (Lipinski definition) is 9. The first kappa shape index (κ1) is 27.5. The molecule has 1 aromatic carbocycles. The normalized spacial score (nSPS) is 14.6. The fourth-order valence-corrected chi connectivity index (χ4v) is 5.63. The van der Waals surface area contributed by atoms with Crippen LogP contribution in [-0.2, 0) is 16.6 Å². The molecule has 1 aliphatic rings. The summed E-state index contributed by atoms with van der Waals surface area (Å²) in [6.07, 6.45) is 3.06. The number of aliphatic hydroxyl groups is 1. The number of ether oxygens (including phenoxy) is 1. The predicted octanol–water partition coefficient (Wildman–Crippen LogP) is 2.32. The van der Waals surface area contributed by atoms with Crippen LogP contribution in [0.1, 0.15) is 11.3 Å². The number of fused-ring (bicyclic) bond motifs is 1. The van der Waals surface area contributed by atoms with Gasteiger partial charge in [-0.25, -0.2) is 9.67 Å². The summed E-state index contributed by atoms with van der Waals surface area (Å²) in [7, 11) is 1.74. The van der Waals surface area contributed by atoms with Crippen LogP contribution in [0.5, 0.6) is 0 Å². The molecule has 4 heterocycles. The molecule has 0 unspecified atom stereocenters. The lowest BCUT2D eigenvalue weighted by Crippen LogP contribution is -2.33. The number of benzene rings is 1. The number of aliphatic hydroxyl groups excluding tert-OH is 1. The number of hydrogen-bond donors (Lipinski definition) is 2. The zero-order valence-corrected chi connectivity index (χ0v) is 23.4. The lowest BCUT2D eigenvalue weighted by Gasteiger charge is -2.13. The first-order chi connectivity index (χ1) is 19.3. The van der Waals surface area contributed by atoms with Gasteiger partial charge in [-0.15, -0.1) is 0 Å². The van der Waals surface area contributed by atoms with Crippen LogP contribution >= 0.6 is 24.0 Å². The van der Waals surface area contributed by atoms with E-state index < -0.39 is 5.91 Å². The number of pyridine rings is 1. The zero-order valence-electron chi connectivity index (χ0n) is 21.7. The maximum atomic E-state index is 13.7. The highest BCUT2D eigenvalue weighted by Crippen LogP contribution is 2.36. The Labute approximate surface area is 238 Å². The summed E-state index contributed by atoms with van der Waals surface area (Å²) >= 11 is 6.57. The predicted molar refractivity (Wildman–Crippen MR) is 159 cm³/mol. The molecule has 0 radical (unpaired) electrons. The largest absolute Gasteiger partial charge is 0.394 e. The van der Waals surface area contributed by atoms with Gasteiger partial charge >= 0.3 is 0 Å². The molecule has 0 bridgehead atoms. The summed E-state index contributed by atoms with van der Waals surface area (Å²) in [6.45, 7) is 2.44. The Kier molecular flexibility index (Phi) is 7.98. The van der Waals surface area contributed by atoms with Gasteiger partial charge in [-0.3, -0.25) is 28.4 Å². The van der Waals surface area contributed by atoms with Crippen molar-refractivity contribution in [2.75, 3.05) is 36.6 Å². The molecule has 0 aliphatic carbocycles. The molecule has 206 valence electrons. The molecule has 5 rings (SSSR count). The van der Waals surface area contributed by atoms with E-state index in [1.165, 1.54) is 20.1 Å². The molecular formula is C27H26N6O5S2. The maximum absolute atomic E-state index is 13.7. The third-order valence-corrected chi connectivity index (χ3v) is 7.66. The van der Waals surface area contributed by atoms with Crippen molar-refractivity contribution in [3.05, 3.63) is 91.6 Å². The Morgan fingerprint density at radius 3 is 2.58 bits per heavy atom. The minimum Gasteiger partial charge on any atom is -0.394 e. The highest BCUT2D eigenvalue weighted by atomic mass is 32.2. The summed E-state index contributed by atoms with van der Waals surface area (Å²) in [5, 5.41) is 12.0. The summed E-state index contributed by atoms with van der Waals surface area (Å²) in [5.74, 6) is -0.229. The monoisotopic (exact) mass is 578 g/mol. The molecule has 1 amide bonds. The molecule has 13 heteroatoms. The average Bonchev–Trinajstić information content (AvgIpc) is 3.35. The number of aromatic nitrogens is 4. The van der Waals surface area contributed by atoms with Crippen molar-refractivity contribution in [2.24, 2.45) is 7.05 Å². The van der Waals surface area contributed by atoms with Crippen LogP contribution in [0.25, 0.3) is 17.4 Å². The van der Waals surface area contributed by atoms with E-state index in [9.17, 15) is 14.4 Å². The number of amides is 1. The second-order valence-corrected chi connectivity index (χ2v) is 10.5. The van der Waals surface area contributed by atoms with Gasteiger partial charge in [0.1, 0.15) is 17.2 Å². The van der Waals surface area contributed by atoms with Crippen LogP contribution in [-0.4, -0.2) is 60.4 Å². The molecule has 1 saturated heterocycles. The SMILES string of the molecule is Cc1c(N2C(=O)C(=Cc3c(NCCOCCO)nc4ccccn4c3=O)SC2=S)c(=O)n(-c2ccccc2)n1C. The average molecular weight is 579 g/mol. The number of thiocarbonyl (C=S) groups is 1. The topological polar surface area (TPSA) is 123 Å². The lowest BCUT2D eigenvalue weighted by molar-refractivity contribution is -0.113. The fourth-order valence-electron chi connectivity index (χ4n) is 4.38. The van der Waals surface area contributed by atoms with Crippen molar-refractivity contribution in [3.8, 4) is 5.69 Å². The summed E-state index contributed by atoms with van der Waals surface area (Å²) in [5.41, 5.74) is 1.20. The van der Waals surface area contributed by atoms with E-state index in [-0.39, 0.29) is 57.2 Å². The third kappa shape index (κ3) is 4.99. The smallest absolute Gasteiger partial charge is 0.296 e. The van der Waals surface area contributed by atoms with Gasteiger partial charge in [-0.05, 0) is 37.3 Å². The second-order valence-electron chi connectivity index (χ2n) is 8.80. The Hall–Kier alpha value is -4.04. The van der Waals surface area contributed by atoms with E-state index in [0.29, 0.717) is 23.6 Å². The molecule has 0 spiro atoms. The standard InChI is InChI=1S/C27H26N6O5S2/c1-17-22(26(37)33(30(17)2)18-8-4-3-5-9-18)32-25(36)20(40-27(32)39)16-19-23(28-11-14-38-15-13-34)29-21-10-6-7-12-31(21)24(19)35/h3-10,12,16,28,34H,11,13-15H2,1-2H3. The van der Waals surface area contributed by atoms with E-state index in [4.69, 9.17) is 22.1 Å². The second kappa shape index (κ2) is 11.6. The molecule has 0 atom stereocenters. The zero-order chi connectivity index (χ0) is 28.4. The van der Waals surface area contributed by atoms with Crippen molar-refractivity contribution in [2.45, 2.75) is 6.92 Å². The van der Waals surface area contributed by atoms with Crippen LogP contribution in [0.2, 0.25) is 0 Å². The Balaban J connectivity index is 1.55. The molecule has 1 fully saturated rings. The van der Waals surface area contributed by atoms with Gasteiger partial charge in [0.25, 0.3) is 17.0 Å². The molecule has 40 heavy (non-hydrogen) atoms. The van der Waals surface area contributed by atoms with Gasteiger partial charge in [0.15, 0.2) is 4.32 Å². The van der Waals surface area contributed by atoms with Crippen molar-refractivity contribution in [1.29, 1.82) is 0 Å². The number of carbonyl (C=O) groups excluding carboxylic acids is 1. The van der Waals surface area contributed by atoms with Gasteiger partial charge in [0.05, 0.1) is 41.7 Å². The van der Waals surface area contributed by atoms with Gasteiger partial charge in [-0.1, -0.05) is 48.2 Å². The minimum absolute atomic E-state index is 0.0972. The van der Waals surface area contributed by atoms with E-state index in [1.54, 1.807) is 55.2 Å². The number of rotatable bonds is 9. The van der Waals surface area contributed by atoms with Gasteiger partial charge in [0, 0.05) is 19.8 Å². The molecule has 3 aromatic heterocycles. The summed E-state index contributed by atoms with van der Waals surface area (Å²) in [6, 6.07) is 14.3. The Morgan fingerprint density at radius 2 is 1.82 bits per heavy atom. The quantitative estimate of drug-likeness (QED) is 0.175. The highest BCUT2D eigenvalue weighted by molar-refractivity contribution is 8.27. The third-order valence-electron chi connectivity index (χ3n) is 6.36. The van der Waals surface area contributed by atoms with E-state index in [2.05, 4.69) is 10.3 Å². The maximum Gasteiger partial charge on any atom is 0.296 e. The van der Waals surface area contributed by atoms with Gasteiger partial charge < -0.3 is 15.2 Å². The first-order valence-electron chi connectivity index (χ1n) is 12.4. The number of nitrogens with zero attached hydrogens (tertiary/aromatic N) is 5. The number of para-hydroxylation sites is 1. The van der Waals surface area contributed by atoms with Crippen molar-refractivity contribution in [1.82, 2.24) is 18.7 Å². The molecule has 0 saturated carbocycles. The number of thioether (sulfide) groups is 1. The van der Waals surface area contributed by atoms with Crippen LogP contribution < -0.4 is 21.3 Å². The van der Waals surface area contributed by atoms with Crippen LogP contribution in [0.15, 0.2) is 69.2 Å². The first-order valence-corrected chi connectivity index (χ1v) is 13.6. The van der Waals surface area contributed by atoms with Crippen molar-refractivity contribution >= 4 is 57.4 Å². The van der Waals surface area contributed by atoms with Crippen LogP contribution in [0, 0.1) is 6.92 Å². The summed E-state index contributed by atoms with van der Waals surface area (Å²) in [4.78, 5) is 46.7. The Morgan fingerprint density at radius 1 is 1.07 bits per heavy atom. The lowest BCUT2D eigenvalue weighted by atomic mass is 10.2. The highest BCUT2D eigenvalue weighted by Gasteiger charge is 2.38. The van der Waals surface area contributed by atoms with Gasteiger partial charge in [-0.2, -0.15) is 0 Å². The fraction of sp³-hybridized carbons (Fsp3) is 0.222. The van der Waals surface area contributed by atoms with E-state index >= 15 is 0 Å². The van der Waals surface area contributed by atoms with Crippen molar-refractivity contribution < 1.29 is 14.6 Å². The van der Waals surface area contributed by atoms with Gasteiger partial charge in [0.2, 0.25) is 0 Å². The van der Waals surface area contributed by atoms with E-state index in [0.717, 1.165) is 11.8 Å². The number of nitrogens with one attached hydrogen (secondary N) is 1. The number of anilines is 2. The van der Waals surface area contributed by atoms with Crippen molar-refractivity contribution in [3.63, 3.8) is 0 Å². The molecular weight excluding hydrogens is 552 g/mol. The minimum atomic E-state index is -0.504. The Bertz CT molecular complexity index is 1760. The van der Waals surface area contributed by atoms with Crippen LogP contribution in [0.4, 0.5) is 11.5 Å². The molecule has 2 N–H and O–H groups in total.